The van der Waals surface area contributed by atoms with E-state index in [0.717, 1.165) is 54.7 Å². The van der Waals surface area contributed by atoms with Gasteiger partial charge in [-0.2, -0.15) is 0 Å². The van der Waals surface area contributed by atoms with Crippen LogP contribution in [0.1, 0.15) is 51.9 Å². The molecule has 0 bridgehead atoms. The zero-order valence-corrected chi connectivity index (χ0v) is 24.5. The van der Waals surface area contributed by atoms with Crippen molar-refractivity contribution in [3.63, 3.8) is 0 Å². The number of thiazole rings is 1. The minimum absolute atomic E-state index is 0.0719. The summed E-state index contributed by atoms with van der Waals surface area (Å²) in [6.07, 6.45) is 9.78. The molecular weight excluding hydrogens is 536 g/mol. The van der Waals surface area contributed by atoms with Crippen LogP contribution < -0.4 is 16.0 Å². The first-order valence-electron chi connectivity index (χ1n) is 14.5. The van der Waals surface area contributed by atoms with Gasteiger partial charge in [-0.3, -0.25) is 19.4 Å². The van der Waals surface area contributed by atoms with Gasteiger partial charge in [0.25, 0.3) is 0 Å². The van der Waals surface area contributed by atoms with Gasteiger partial charge in [-0.25, -0.2) is 4.98 Å². The molecule has 3 N–H and O–H groups in total. The van der Waals surface area contributed by atoms with Crippen molar-refractivity contribution >= 4 is 34.1 Å². The zero-order valence-electron chi connectivity index (χ0n) is 23.6. The van der Waals surface area contributed by atoms with Crippen LogP contribution in [-0.2, 0) is 14.4 Å². The van der Waals surface area contributed by atoms with Crippen molar-refractivity contribution in [1.82, 2.24) is 25.5 Å². The highest BCUT2D eigenvalue weighted by molar-refractivity contribution is 7.19. The van der Waals surface area contributed by atoms with E-state index in [1.807, 2.05) is 42.5 Å². The summed E-state index contributed by atoms with van der Waals surface area (Å²) in [5.74, 6) is -0.508. The van der Waals surface area contributed by atoms with Gasteiger partial charge in [0.2, 0.25) is 17.7 Å². The van der Waals surface area contributed by atoms with E-state index in [0.29, 0.717) is 23.7 Å². The Hall–Kier alpha value is -3.63. The number of amides is 3. The molecular formula is C31H38N6O3S. The summed E-state index contributed by atoms with van der Waals surface area (Å²) in [4.78, 5) is 51.4. The van der Waals surface area contributed by atoms with E-state index in [1.165, 1.54) is 11.3 Å². The van der Waals surface area contributed by atoms with Crippen LogP contribution in [0.3, 0.4) is 0 Å². The molecule has 10 heteroatoms. The Labute approximate surface area is 245 Å². The first-order valence-corrected chi connectivity index (χ1v) is 15.3. The fourth-order valence-electron chi connectivity index (χ4n) is 5.75. The molecule has 1 aliphatic carbocycles. The number of rotatable bonds is 9. The van der Waals surface area contributed by atoms with Crippen LogP contribution in [0, 0.1) is 5.92 Å². The average Bonchev–Trinajstić information content (AvgIpc) is 3.68. The molecule has 2 aromatic heterocycles. The quantitative estimate of drug-likeness (QED) is 0.347. The number of carbonyl (C=O) groups excluding carboxylic acids is 3. The summed E-state index contributed by atoms with van der Waals surface area (Å²) >= 11 is 1.41. The predicted octanol–water partition coefficient (Wildman–Crippen LogP) is 4.47. The smallest absolute Gasteiger partial charge is 0.247 e. The van der Waals surface area contributed by atoms with E-state index in [9.17, 15) is 14.4 Å². The fraction of sp³-hybridized carbons (Fsp3) is 0.452. The minimum Gasteiger partial charge on any atom is -0.343 e. The number of anilines is 1. The molecule has 41 heavy (non-hydrogen) atoms. The van der Waals surface area contributed by atoms with E-state index >= 15 is 0 Å². The molecule has 0 unspecified atom stereocenters. The number of carbonyl (C=O) groups is 3. The summed E-state index contributed by atoms with van der Waals surface area (Å²) in [7, 11) is 1.73. The maximum Gasteiger partial charge on any atom is 0.247 e. The van der Waals surface area contributed by atoms with E-state index in [1.54, 1.807) is 31.3 Å². The SMILES string of the molecule is CN[C@@H](C)C(=O)N[C@H](C(=O)N1CCC[C@H]1C(=O)Nc1sc(-c2ccncc2)nc1-c1ccccc1)C1CCCCC1. The number of hydrogen-bond donors (Lipinski definition) is 3. The highest BCUT2D eigenvalue weighted by Crippen LogP contribution is 2.38. The number of hydrogen-bond acceptors (Lipinski definition) is 7. The monoisotopic (exact) mass is 574 g/mol. The van der Waals surface area contributed by atoms with Crippen LogP contribution in [-0.4, -0.2) is 64.3 Å². The Balaban J connectivity index is 1.38. The molecule has 2 fully saturated rings. The molecule has 3 amide bonds. The van der Waals surface area contributed by atoms with Crippen LogP contribution in [0.5, 0.6) is 0 Å². The van der Waals surface area contributed by atoms with E-state index in [-0.39, 0.29) is 23.6 Å². The third-order valence-corrected chi connectivity index (χ3v) is 9.21. The lowest BCUT2D eigenvalue weighted by atomic mass is 9.83. The first kappa shape index (κ1) is 28.9. The van der Waals surface area contributed by atoms with Crippen molar-refractivity contribution in [1.29, 1.82) is 0 Å². The second-order valence-electron chi connectivity index (χ2n) is 10.9. The Morgan fingerprint density at radius 1 is 0.951 bits per heavy atom. The predicted molar refractivity (Wildman–Crippen MR) is 161 cm³/mol. The fourth-order valence-corrected chi connectivity index (χ4v) is 6.75. The zero-order chi connectivity index (χ0) is 28.8. The second-order valence-corrected chi connectivity index (χ2v) is 11.9. The van der Waals surface area contributed by atoms with Gasteiger partial charge in [-0.05, 0) is 57.7 Å². The van der Waals surface area contributed by atoms with Gasteiger partial charge in [0, 0.05) is 30.1 Å². The number of aromatic nitrogens is 2. The molecule has 1 aromatic carbocycles. The molecule has 9 nitrogen and oxygen atoms in total. The molecule has 0 spiro atoms. The number of likely N-dealkylation sites (tertiary alicyclic amines) is 1. The van der Waals surface area contributed by atoms with E-state index < -0.39 is 18.1 Å². The van der Waals surface area contributed by atoms with Crippen molar-refractivity contribution < 1.29 is 14.4 Å². The third-order valence-electron chi connectivity index (χ3n) is 8.19. The molecule has 1 saturated carbocycles. The Bertz CT molecular complexity index is 1340. The van der Waals surface area contributed by atoms with Crippen LogP contribution in [0.15, 0.2) is 54.9 Å². The highest BCUT2D eigenvalue weighted by Gasteiger charge is 2.41. The van der Waals surface area contributed by atoms with Crippen molar-refractivity contribution in [2.24, 2.45) is 5.92 Å². The highest BCUT2D eigenvalue weighted by atomic mass is 32.1. The summed E-state index contributed by atoms with van der Waals surface area (Å²) in [5, 5.41) is 10.5. The van der Waals surface area contributed by atoms with Crippen LogP contribution in [0.4, 0.5) is 5.00 Å². The third kappa shape index (κ3) is 6.65. The normalized spacial score (nSPS) is 19.0. The number of benzene rings is 1. The maximum atomic E-state index is 14.0. The molecule has 5 rings (SSSR count). The van der Waals surface area contributed by atoms with Gasteiger partial charge in [0.1, 0.15) is 27.8 Å². The Morgan fingerprint density at radius 3 is 2.39 bits per heavy atom. The van der Waals surface area contributed by atoms with Gasteiger partial charge in [-0.1, -0.05) is 60.9 Å². The van der Waals surface area contributed by atoms with E-state index in [4.69, 9.17) is 4.98 Å². The summed E-state index contributed by atoms with van der Waals surface area (Å²) < 4.78 is 0. The largest absolute Gasteiger partial charge is 0.343 e. The Kier molecular flexibility index (Phi) is 9.41. The Morgan fingerprint density at radius 2 is 1.68 bits per heavy atom. The first-order chi connectivity index (χ1) is 20.0. The van der Waals surface area contributed by atoms with Gasteiger partial charge >= 0.3 is 0 Å². The average molecular weight is 575 g/mol. The minimum atomic E-state index is -0.631. The number of nitrogens with zero attached hydrogens (tertiary/aromatic N) is 3. The lowest BCUT2D eigenvalue weighted by Crippen LogP contribution is -2.57. The van der Waals surface area contributed by atoms with Gasteiger partial charge in [0.15, 0.2) is 0 Å². The molecule has 3 atom stereocenters. The van der Waals surface area contributed by atoms with Gasteiger partial charge in [-0.15, -0.1) is 0 Å². The summed E-state index contributed by atoms with van der Waals surface area (Å²) in [5.41, 5.74) is 2.51. The number of pyridine rings is 1. The van der Waals surface area contributed by atoms with Crippen molar-refractivity contribution in [2.45, 2.75) is 70.0 Å². The molecule has 216 valence electrons. The van der Waals surface area contributed by atoms with Crippen LogP contribution in [0.25, 0.3) is 21.8 Å². The van der Waals surface area contributed by atoms with Crippen molar-refractivity contribution in [3.05, 3.63) is 54.9 Å². The van der Waals surface area contributed by atoms with Gasteiger partial charge in [0.05, 0.1) is 6.04 Å². The number of nitrogens with one attached hydrogen (secondary N) is 3. The maximum absolute atomic E-state index is 14.0. The molecule has 1 aliphatic heterocycles. The van der Waals surface area contributed by atoms with Crippen LogP contribution in [0.2, 0.25) is 0 Å². The van der Waals surface area contributed by atoms with Crippen molar-refractivity contribution in [3.8, 4) is 21.8 Å². The standard InChI is InChI=1S/C31H38N6O3S/c1-20(32-2)27(38)34-26(22-12-7-4-8-13-22)31(40)37-19-9-14-24(37)28(39)36-30-25(21-10-5-3-6-11-21)35-29(41-30)23-15-17-33-18-16-23/h3,5-6,10-11,15-18,20,22,24,26,32H,4,7-9,12-14,19H2,1-2H3,(H,34,38)(H,36,39)/t20-,24-,26-/m0/s1. The molecule has 3 aromatic rings. The molecule has 0 radical (unpaired) electrons. The lowest BCUT2D eigenvalue weighted by molar-refractivity contribution is -0.142. The lowest BCUT2D eigenvalue weighted by Gasteiger charge is -2.35. The summed E-state index contributed by atoms with van der Waals surface area (Å²) in [6, 6.07) is 11.9. The second kappa shape index (κ2) is 13.4. The topological polar surface area (TPSA) is 116 Å². The number of likely N-dealkylation sites (N-methyl/N-ethyl adjacent to an activating group) is 1. The molecule has 1 saturated heterocycles. The summed E-state index contributed by atoms with van der Waals surface area (Å²) in [6.45, 7) is 2.28. The molecule has 3 heterocycles. The van der Waals surface area contributed by atoms with Crippen LogP contribution >= 0.6 is 11.3 Å². The molecule has 2 aliphatic rings. The van der Waals surface area contributed by atoms with Gasteiger partial charge < -0.3 is 20.9 Å². The van der Waals surface area contributed by atoms with E-state index in [2.05, 4.69) is 20.9 Å². The van der Waals surface area contributed by atoms with Crippen molar-refractivity contribution in [2.75, 3.05) is 18.9 Å².